The average Bonchev–Trinajstić information content (AvgIpc) is 2.36. The molecule has 90 valence electrons. The summed E-state index contributed by atoms with van der Waals surface area (Å²) in [5, 5.41) is 2.31. The van der Waals surface area contributed by atoms with Crippen LogP contribution in [0.15, 0.2) is 24.5 Å². The van der Waals surface area contributed by atoms with E-state index in [1.54, 1.807) is 12.1 Å². The molecule has 1 heterocycles. The first kappa shape index (κ1) is 13.0. The van der Waals surface area contributed by atoms with E-state index >= 15 is 0 Å². The highest BCUT2D eigenvalue weighted by Crippen LogP contribution is 1.97. The number of rotatable bonds is 6. The van der Waals surface area contributed by atoms with Crippen LogP contribution in [0.5, 0.6) is 0 Å². The summed E-state index contributed by atoms with van der Waals surface area (Å²) in [6.07, 6.45) is 3.81. The van der Waals surface area contributed by atoms with Crippen molar-refractivity contribution in [3.63, 3.8) is 0 Å². The molecule has 0 aliphatic heterocycles. The van der Waals surface area contributed by atoms with E-state index in [1.165, 1.54) is 12.4 Å². The van der Waals surface area contributed by atoms with Gasteiger partial charge in [-0.2, -0.15) is 0 Å². The minimum absolute atomic E-state index is 0.168. The van der Waals surface area contributed by atoms with E-state index in [1.807, 2.05) is 6.92 Å². The number of carbonyl (C=O) groups is 3. The molecule has 0 radical (unpaired) electrons. The zero-order valence-electron chi connectivity index (χ0n) is 9.60. The van der Waals surface area contributed by atoms with Crippen LogP contribution >= 0.6 is 0 Å². The highest BCUT2D eigenvalue weighted by molar-refractivity contribution is 6.36. The Balaban J connectivity index is 2.44. The minimum atomic E-state index is -0.700. The van der Waals surface area contributed by atoms with Gasteiger partial charge in [-0.15, -0.1) is 0 Å². The number of Topliss-reactive ketones (excluding diaryl/α,β-unsaturated/α-hetero) is 2. The van der Waals surface area contributed by atoms with Gasteiger partial charge in [-0.3, -0.25) is 19.4 Å². The molecule has 1 aromatic rings. The van der Waals surface area contributed by atoms with E-state index in [4.69, 9.17) is 0 Å². The Hall–Kier alpha value is -2.04. The zero-order valence-corrected chi connectivity index (χ0v) is 9.60. The molecule has 5 heteroatoms. The number of ketones is 2. The number of hydrogen-bond acceptors (Lipinski definition) is 4. The quantitative estimate of drug-likeness (QED) is 0.582. The molecule has 17 heavy (non-hydrogen) atoms. The first-order valence-corrected chi connectivity index (χ1v) is 5.39. The van der Waals surface area contributed by atoms with Crippen LogP contribution in [0.4, 0.5) is 0 Å². The number of carbonyl (C=O) groups excluding carboxylic acids is 3. The Morgan fingerprint density at radius 2 is 1.88 bits per heavy atom. The first-order valence-electron chi connectivity index (χ1n) is 5.39. The van der Waals surface area contributed by atoms with Gasteiger partial charge in [0.05, 0.1) is 6.54 Å². The highest BCUT2D eigenvalue weighted by atomic mass is 16.2. The molecule has 1 rings (SSSR count). The lowest BCUT2D eigenvalue weighted by molar-refractivity contribution is -0.137. The normalized spacial score (nSPS) is 9.71. The molecule has 0 saturated heterocycles. The van der Waals surface area contributed by atoms with Crippen molar-refractivity contribution in [1.29, 1.82) is 0 Å². The van der Waals surface area contributed by atoms with Gasteiger partial charge in [0.15, 0.2) is 5.78 Å². The van der Waals surface area contributed by atoms with Crippen LogP contribution in [0.1, 0.15) is 30.1 Å². The van der Waals surface area contributed by atoms with Crippen molar-refractivity contribution in [3.05, 3.63) is 30.1 Å². The second kappa shape index (κ2) is 6.52. The molecule has 0 spiro atoms. The molecule has 0 fully saturated rings. The van der Waals surface area contributed by atoms with E-state index < -0.39 is 11.7 Å². The molecule has 0 unspecified atom stereocenters. The van der Waals surface area contributed by atoms with Crippen LogP contribution in [0, 0.1) is 0 Å². The first-order chi connectivity index (χ1) is 8.15. The SMILES string of the molecule is CCCC(=O)C(=O)NCC(=O)c1ccncc1. The molecule has 0 aromatic carbocycles. The van der Waals surface area contributed by atoms with Gasteiger partial charge in [0.1, 0.15) is 0 Å². The standard InChI is InChI=1S/C12H14N2O3/c1-2-3-10(15)12(17)14-8-11(16)9-4-6-13-7-5-9/h4-7H,2-3,8H2,1H3,(H,14,17). The van der Waals surface area contributed by atoms with Gasteiger partial charge < -0.3 is 5.32 Å². The number of nitrogens with zero attached hydrogens (tertiary/aromatic N) is 1. The molecule has 0 saturated carbocycles. The predicted molar refractivity (Wildman–Crippen MR) is 61.5 cm³/mol. The van der Waals surface area contributed by atoms with Crippen LogP contribution in [-0.2, 0) is 9.59 Å². The minimum Gasteiger partial charge on any atom is -0.342 e. The summed E-state index contributed by atoms with van der Waals surface area (Å²) in [4.78, 5) is 37.8. The molecule has 1 aromatic heterocycles. The number of hydrogen-bond donors (Lipinski definition) is 1. The summed E-state index contributed by atoms with van der Waals surface area (Å²) in [7, 11) is 0. The number of aromatic nitrogens is 1. The monoisotopic (exact) mass is 234 g/mol. The van der Waals surface area contributed by atoms with Crippen molar-refractivity contribution in [2.75, 3.05) is 6.54 Å². The predicted octanol–water partition coefficient (Wildman–Crippen LogP) is 0.750. The van der Waals surface area contributed by atoms with Crippen molar-refractivity contribution in [2.45, 2.75) is 19.8 Å². The molecular formula is C12H14N2O3. The Labute approximate surface area is 99.2 Å². The van der Waals surface area contributed by atoms with Crippen LogP contribution < -0.4 is 5.32 Å². The maximum Gasteiger partial charge on any atom is 0.287 e. The van der Waals surface area contributed by atoms with E-state index in [9.17, 15) is 14.4 Å². The van der Waals surface area contributed by atoms with Crippen LogP contribution in [0.3, 0.4) is 0 Å². The van der Waals surface area contributed by atoms with Gasteiger partial charge in [0, 0.05) is 24.4 Å². The summed E-state index contributed by atoms with van der Waals surface area (Å²) in [5.41, 5.74) is 0.461. The summed E-state index contributed by atoms with van der Waals surface area (Å²) in [5.74, 6) is -1.44. The summed E-state index contributed by atoms with van der Waals surface area (Å²) in [6.45, 7) is 1.64. The topological polar surface area (TPSA) is 76.1 Å². The van der Waals surface area contributed by atoms with Crippen LogP contribution in [0.2, 0.25) is 0 Å². The fourth-order valence-electron chi connectivity index (χ4n) is 1.24. The second-order valence-corrected chi connectivity index (χ2v) is 3.51. The van der Waals surface area contributed by atoms with Gasteiger partial charge >= 0.3 is 0 Å². The molecule has 1 amide bonds. The maximum absolute atomic E-state index is 11.6. The summed E-state index contributed by atoms with van der Waals surface area (Å²) in [6, 6.07) is 3.12. The molecule has 0 aliphatic carbocycles. The van der Waals surface area contributed by atoms with E-state index in [2.05, 4.69) is 10.3 Å². The van der Waals surface area contributed by atoms with Crippen molar-refractivity contribution < 1.29 is 14.4 Å². The lowest BCUT2D eigenvalue weighted by Crippen LogP contribution is -2.34. The second-order valence-electron chi connectivity index (χ2n) is 3.51. The van der Waals surface area contributed by atoms with Gasteiger partial charge in [-0.25, -0.2) is 0 Å². The van der Waals surface area contributed by atoms with Crippen molar-refractivity contribution >= 4 is 17.5 Å². The van der Waals surface area contributed by atoms with E-state index in [-0.39, 0.29) is 18.7 Å². The smallest absolute Gasteiger partial charge is 0.287 e. The van der Waals surface area contributed by atoms with Crippen LogP contribution in [-0.4, -0.2) is 29.0 Å². The Morgan fingerprint density at radius 1 is 1.24 bits per heavy atom. The third kappa shape index (κ3) is 4.14. The van der Waals surface area contributed by atoms with Gasteiger partial charge in [-0.1, -0.05) is 6.92 Å². The van der Waals surface area contributed by atoms with Crippen molar-refractivity contribution in [3.8, 4) is 0 Å². The zero-order chi connectivity index (χ0) is 12.7. The molecule has 1 N–H and O–H groups in total. The fourth-order valence-corrected chi connectivity index (χ4v) is 1.24. The third-order valence-electron chi connectivity index (χ3n) is 2.14. The van der Waals surface area contributed by atoms with Gasteiger partial charge in [-0.05, 0) is 18.6 Å². The van der Waals surface area contributed by atoms with E-state index in [0.717, 1.165) is 0 Å². The fraction of sp³-hybridized carbons (Fsp3) is 0.333. The van der Waals surface area contributed by atoms with Crippen LogP contribution in [0.25, 0.3) is 0 Å². The summed E-state index contributed by atoms with van der Waals surface area (Å²) >= 11 is 0. The Bertz CT molecular complexity index is 415. The van der Waals surface area contributed by atoms with Gasteiger partial charge in [0.2, 0.25) is 5.78 Å². The Morgan fingerprint density at radius 3 is 2.47 bits per heavy atom. The number of amides is 1. The lowest BCUT2D eigenvalue weighted by Gasteiger charge is -2.03. The molecule has 0 atom stereocenters. The lowest BCUT2D eigenvalue weighted by atomic mass is 10.1. The molecule has 0 aliphatic rings. The molecule has 0 bridgehead atoms. The summed E-state index contributed by atoms with van der Waals surface area (Å²) < 4.78 is 0. The maximum atomic E-state index is 11.6. The van der Waals surface area contributed by atoms with Crippen molar-refractivity contribution in [2.24, 2.45) is 0 Å². The average molecular weight is 234 g/mol. The number of nitrogens with one attached hydrogen (secondary N) is 1. The van der Waals surface area contributed by atoms with Crippen molar-refractivity contribution in [1.82, 2.24) is 10.3 Å². The third-order valence-corrected chi connectivity index (χ3v) is 2.14. The highest BCUT2D eigenvalue weighted by Gasteiger charge is 2.13. The number of pyridine rings is 1. The molecular weight excluding hydrogens is 220 g/mol. The Kier molecular flexibility index (Phi) is 5.00. The van der Waals surface area contributed by atoms with E-state index in [0.29, 0.717) is 12.0 Å². The largest absolute Gasteiger partial charge is 0.342 e. The van der Waals surface area contributed by atoms with Gasteiger partial charge in [0.25, 0.3) is 5.91 Å². The molecule has 5 nitrogen and oxygen atoms in total.